The number of ether oxygens (including phenoxy) is 1. The second kappa shape index (κ2) is 8.69. The molecular weight excluding hydrogens is 335 g/mol. The molecule has 7 heteroatoms. The maximum atomic E-state index is 12.1. The third-order valence-corrected chi connectivity index (χ3v) is 3.64. The maximum Gasteiger partial charge on any atom is 0.260 e. The van der Waals surface area contributed by atoms with Gasteiger partial charge in [-0.2, -0.15) is 0 Å². The number of carbonyl (C=O) groups is 1. The summed E-state index contributed by atoms with van der Waals surface area (Å²) >= 11 is 11.8. The van der Waals surface area contributed by atoms with Crippen molar-refractivity contribution < 1.29 is 9.53 Å². The fraction of sp³-hybridized carbons (Fsp3) is 0.500. The van der Waals surface area contributed by atoms with Gasteiger partial charge in [-0.3, -0.25) is 4.79 Å². The van der Waals surface area contributed by atoms with Gasteiger partial charge >= 0.3 is 0 Å². The predicted molar refractivity (Wildman–Crippen MR) is 87.8 cm³/mol. The molecule has 0 radical (unpaired) electrons. The van der Waals surface area contributed by atoms with Gasteiger partial charge in [0.05, 0.1) is 0 Å². The molecule has 0 saturated carbocycles. The molecule has 1 unspecified atom stereocenters. The minimum Gasteiger partial charge on any atom is -0.481 e. The van der Waals surface area contributed by atoms with E-state index in [1.165, 1.54) is 0 Å². The lowest BCUT2D eigenvalue weighted by molar-refractivity contribution is -0.128. The number of carbonyl (C=O) groups excluding carboxylic acids is 1. The van der Waals surface area contributed by atoms with Crippen LogP contribution in [0.5, 0.6) is 5.75 Å². The van der Waals surface area contributed by atoms with E-state index in [-0.39, 0.29) is 24.4 Å². The van der Waals surface area contributed by atoms with Crippen molar-refractivity contribution in [3.8, 4) is 5.75 Å². The molecule has 1 saturated heterocycles. The van der Waals surface area contributed by atoms with Crippen LogP contribution in [0, 0.1) is 0 Å². The summed E-state index contributed by atoms with van der Waals surface area (Å²) in [6.45, 7) is 3.58. The molecule has 1 atom stereocenters. The number of hydrogen-bond donors (Lipinski definition) is 2. The molecule has 0 spiro atoms. The second-order valence-corrected chi connectivity index (χ2v) is 5.77. The van der Waals surface area contributed by atoms with Crippen LogP contribution in [-0.2, 0) is 4.79 Å². The van der Waals surface area contributed by atoms with Gasteiger partial charge in [0.15, 0.2) is 6.10 Å². The molecule has 21 heavy (non-hydrogen) atoms. The molecule has 1 heterocycles. The minimum absolute atomic E-state index is 0. The van der Waals surface area contributed by atoms with Crippen LogP contribution in [0.15, 0.2) is 18.2 Å². The number of nitrogens with one attached hydrogen (secondary N) is 2. The van der Waals surface area contributed by atoms with Gasteiger partial charge in [-0.05, 0) is 51.1 Å². The Hall–Kier alpha value is -0.680. The number of piperidine rings is 1. The predicted octanol–water partition coefficient (Wildman–Crippen LogP) is 3.05. The molecule has 1 aromatic carbocycles. The van der Waals surface area contributed by atoms with E-state index in [2.05, 4.69) is 10.6 Å². The summed E-state index contributed by atoms with van der Waals surface area (Å²) in [6, 6.07) is 5.12. The molecule has 1 aromatic rings. The van der Waals surface area contributed by atoms with Gasteiger partial charge < -0.3 is 15.4 Å². The summed E-state index contributed by atoms with van der Waals surface area (Å²) in [6.07, 6.45) is 1.31. The van der Waals surface area contributed by atoms with Crippen molar-refractivity contribution >= 4 is 41.5 Å². The molecule has 1 aliphatic heterocycles. The normalized spacial score (nSPS) is 16.7. The van der Waals surface area contributed by atoms with E-state index in [4.69, 9.17) is 27.9 Å². The highest BCUT2D eigenvalue weighted by molar-refractivity contribution is 6.34. The highest BCUT2D eigenvalue weighted by Gasteiger charge is 2.20. The van der Waals surface area contributed by atoms with Crippen LogP contribution in [0.25, 0.3) is 0 Å². The lowest BCUT2D eigenvalue weighted by atomic mass is 10.1. The molecule has 2 N–H and O–H groups in total. The SMILES string of the molecule is CC(Oc1cc(Cl)cc(Cl)c1)C(=O)NC1CCNCC1.Cl. The van der Waals surface area contributed by atoms with E-state index in [1.807, 2.05) is 0 Å². The largest absolute Gasteiger partial charge is 0.481 e. The van der Waals surface area contributed by atoms with Crippen LogP contribution in [0.3, 0.4) is 0 Å². The van der Waals surface area contributed by atoms with Crippen molar-refractivity contribution in [3.63, 3.8) is 0 Å². The lowest BCUT2D eigenvalue weighted by Crippen LogP contribution is -2.46. The molecule has 2 rings (SSSR count). The quantitative estimate of drug-likeness (QED) is 0.874. The third-order valence-electron chi connectivity index (χ3n) is 3.20. The van der Waals surface area contributed by atoms with Gasteiger partial charge in [0.1, 0.15) is 5.75 Å². The van der Waals surface area contributed by atoms with Crippen LogP contribution >= 0.6 is 35.6 Å². The molecule has 1 amide bonds. The van der Waals surface area contributed by atoms with E-state index >= 15 is 0 Å². The number of rotatable bonds is 4. The van der Waals surface area contributed by atoms with Gasteiger partial charge in [-0.25, -0.2) is 0 Å². The molecule has 1 aliphatic rings. The van der Waals surface area contributed by atoms with Crippen LogP contribution < -0.4 is 15.4 Å². The van der Waals surface area contributed by atoms with Crippen molar-refractivity contribution in [2.45, 2.75) is 31.9 Å². The van der Waals surface area contributed by atoms with Crippen molar-refractivity contribution in [3.05, 3.63) is 28.2 Å². The summed E-state index contributed by atoms with van der Waals surface area (Å²) < 4.78 is 5.58. The summed E-state index contributed by atoms with van der Waals surface area (Å²) in [5.41, 5.74) is 0. The monoisotopic (exact) mass is 352 g/mol. The topological polar surface area (TPSA) is 50.4 Å². The Balaban J connectivity index is 0.00000220. The number of hydrogen-bond acceptors (Lipinski definition) is 3. The molecular formula is C14H19Cl3N2O2. The zero-order valence-corrected chi connectivity index (χ0v) is 14.0. The van der Waals surface area contributed by atoms with E-state index < -0.39 is 6.10 Å². The summed E-state index contributed by atoms with van der Waals surface area (Å²) in [5.74, 6) is 0.378. The summed E-state index contributed by atoms with van der Waals surface area (Å²) in [4.78, 5) is 12.1. The molecule has 1 fully saturated rings. The van der Waals surface area contributed by atoms with Crippen molar-refractivity contribution in [1.82, 2.24) is 10.6 Å². The fourth-order valence-corrected chi connectivity index (χ4v) is 2.65. The minimum atomic E-state index is -0.584. The van der Waals surface area contributed by atoms with Crippen molar-refractivity contribution in [2.24, 2.45) is 0 Å². The summed E-state index contributed by atoms with van der Waals surface area (Å²) in [5, 5.41) is 7.23. The Kier molecular flexibility index (Phi) is 7.60. The molecule has 0 aromatic heterocycles. The average molecular weight is 354 g/mol. The fourth-order valence-electron chi connectivity index (χ4n) is 2.14. The Morgan fingerprint density at radius 2 is 1.86 bits per heavy atom. The highest BCUT2D eigenvalue weighted by atomic mass is 35.5. The Labute approximate surface area is 140 Å². The van der Waals surface area contributed by atoms with Gasteiger partial charge in [0.2, 0.25) is 0 Å². The van der Waals surface area contributed by atoms with Gasteiger partial charge in [0, 0.05) is 16.1 Å². The number of halogens is 3. The third kappa shape index (κ3) is 5.91. The highest BCUT2D eigenvalue weighted by Crippen LogP contribution is 2.24. The first kappa shape index (κ1) is 18.4. The van der Waals surface area contributed by atoms with Crippen LogP contribution in [0.1, 0.15) is 19.8 Å². The Morgan fingerprint density at radius 3 is 2.43 bits per heavy atom. The van der Waals surface area contributed by atoms with E-state index in [9.17, 15) is 4.79 Å². The molecule has 0 aliphatic carbocycles. The van der Waals surface area contributed by atoms with Crippen LogP contribution in [0.2, 0.25) is 10.0 Å². The zero-order valence-electron chi connectivity index (χ0n) is 11.7. The van der Waals surface area contributed by atoms with Crippen LogP contribution in [0.4, 0.5) is 0 Å². The summed E-state index contributed by atoms with van der Waals surface area (Å²) in [7, 11) is 0. The Bertz CT molecular complexity index is 459. The molecule has 0 bridgehead atoms. The first-order chi connectivity index (χ1) is 9.54. The van der Waals surface area contributed by atoms with Crippen molar-refractivity contribution in [2.75, 3.05) is 13.1 Å². The number of benzene rings is 1. The second-order valence-electron chi connectivity index (χ2n) is 4.90. The van der Waals surface area contributed by atoms with Crippen molar-refractivity contribution in [1.29, 1.82) is 0 Å². The smallest absolute Gasteiger partial charge is 0.260 e. The van der Waals surface area contributed by atoms with Crippen LogP contribution in [-0.4, -0.2) is 31.1 Å². The van der Waals surface area contributed by atoms with E-state index in [0.717, 1.165) is 25.9 Å². The van der Waals surface area contributed by atoms with Gasteiger partial charge in [0.25, 0.3) is 5.91 Å². The number of amides is 1. The van der Waals surface area contributed by atoms with Gasteiger partial charge in [-0.1, -0.05) is 23.2 Å². The maximum absolute atomic E-state index is 12.1. The van der Waals surface area contributed by atoms with E-state index in [0.29, 0.717) is 15.8 Å². The first-order valence-corrected chi connectivity index (χ1v) is 7.44. The van der Waals surface area contributed by atoms with E-state index in [1.54, 1.807) is 25.1 Å². The first-order valence-electron chi connectivity index (χ1n) is 6.68. The zero-order chi connectivity index (χ0) is 14.5. The lowest BCUT2D eigenvalue weighted by Gasteiger charge is -2.25. The standard InChI is InChI=1S/C14H18Cl2N2O2.ClH/c1-9(14(19)18-12-2-4-17-5-3-12)20-13-7-10(15)6-11(16)8-13;/h6-9,12,17H,2-5H2,1H3,(H,18,19);1H. The average Bonchev–Trinajstić information content (AvgIpc) is 2.38. The Morgan fingerprint density at radius 1 is 1.29 bits per heavy atom. The molecule has 118 valence electrons. The van der Waals surface area contributed by atoms with Gasteiger partial charge in [-0.15, -0.1) is 12.4 Å². The molecule has 4 nitrogen and oxygen atoms in total.